The van der Waals surface area contributed by atoms with Gasteiger partial charge in [-0.25, -0.2) is 0 Å². The van der Waals surface area contributed by atoms with E-state index < -0.39 is 6.04 Å². The van der Waals surface area contributed by atoms with Crippen molar-refractivity contribution in [2.75, 3.05) is 6.54 Å². The molecule has 0 aliphatic heterocycles. The molecule has 0 saturated heterocycles. The number of carbonyl (C=O) groups excluding carboxylic acids is 1. The summed E-state index contributed by atoms with van der Waals surface area (Å²) < 4.78 is 1.64. The molecule has 0 aliphatic carbocycles. The van der Waals surface area contributed by atoms with Crippen LogP contribution in [0.25, 0.3) is 0 Å². The Labute approximate surface area is 102 Å². The number of rotatable bonds is 6. The van der Waals surface area contributed by atoms with Gasteiger partial charge in [0.1, 0.15) is 6.04 Å². The number of carbonyl (C=O) groups is 1. The highest BCUT2D eigenvalue weighted by Crippen LogP contribution is 2.08. The van der Waals surface area contributed by atoms with E-state index in [1.807, 2.05) is 0 Å². The van der Waals surface area contributed by atoms with Crippen LogP contribution in [-0.2, 0) is 11.8 Å². The summed E-state index contributed by atoms with van der Waals surface area (Å²) in [6.45, 7) is 5.03. The highest BCUT2D eigenvalue weighted by molar-refractivity contribution is 5.82. The third-order valence-electron chi connectivity index (χ3n) is 2.62. The van der Waals surface area contributed by atoms with Gasteiger partial charge in [-0.2, -0.15) is 5.10 Å². The second-order valence-corrected chi connectivity index (χ2v) is 4.75. The molecule has 0 fully saturated rings. The first-order chi connectivity index (χ1) is 8.00. The molecule has 1 heterocycles. The second-order valence-electron chi connectivity index (χ2n) is 4.75. The molecule has 17 heavy (non-hydrogen) atoms. The van der Waals surface area contributed by atoms with E-state index in [1.165, 1.54) is 0 Å². The summed E-state index contributed by atoms with van der Waals surface area (Å²) in [7, 11) is 1.80. The van der Waals surface area contributed by atoms with Gasteiger partial charge in [0.25, 0.3) is 0 Å². The molecule has 1 atom stereocenters. The van der Waals surface area contributed by atoms with E-state index in [9.17, 15) is 4.79 Å². The number of amides is 1. The quantitative estimate of drug-likeness (QED) is 0.725. The molecular weight excluding hydrogens is 216 g/mol. The molecule has 0 bridgehead atoms. The Morgan fingerprint density at radius 2 is 2.29 bits per heavy atom. The highest BCUT2D eigenvalue weighted by Gasteiger charge is 2.16. The first-order valence-electron chi connectivity index (χ1n) is 6.02. The van der Waals surface area contributed by atoms with E-state index in [0.717, 1.165) is 18.4 Å². The summed E-state index contributed by atoms with van der Waals surface area (Å²) in [5.41, 5.74) is 6.57. The average Bonchev–Trinajstić information content (AvgIpc) is 2.69. The van der Waals surface area contributed by atoms with Crippen LogP contribution in [-0.4, -0.2) is 22.2 Å². The maximum atomic E-state index is 11.7. The van der Waals surface area contributed by atoms with Gasteiger partial charge in [-0.05, 0) is 18.8 Å². The van der Waals surface area contributed by atoms with E-state index in [-0.39, 0.29) is 5.91 Å². The predicted molar refractivity (Wildman–Crippen MR) is 67.2 cm³/mol. The zero-order valence-electron chi connectivity index (χ0n) is 10.8. The largest absolute Gasteiger partial charge is 0.354 e. The smallest absolute Gasteiger partial charge is 0.241 e. The third-order valence-corrected chi connectivity index (χ3v) is 2.62. The molecule has 3 N–H and O–H groups in total. The maximum Gasteiger partial charge on any atom is 0.241 e. The molecule has 1 amide bonds. The maximum absolute atomic E-state index is 11.7. The van der Waals surface area contributed by atoms with E-state index in [4.69, 9.17) is 5.73 Å². The minimum Gasteiger partial charge on any atom is -0.354 e. The van der Waals surface area contributed by atoms with Crippen molar-refractivity contribution in [2.45, 2.75) is 32.7 Å². The zero-order chi connectivity index (χ0) is 12.8. The molecule has 0 saturated carbocycles. The van der Waals surface area contributed by atoms with Crippen molar-refractivity contribution in [1.82, 2.24) is 15.1 Å². The Balaban J connectivity index is 2.32. The van der Waals surface area contributed by atoms with Gasteiger partial charge in [-0.3, -0.25) is 9.48 Å². The van der Waals surface area contributed by atoms with Crippen molar-refractivity contribution in [2.24, 2.45) is 18.7 Å². The summed E-state index contributed by atoms with van der Waals surface area (Å²) in [6.07, 6.45) is 5.49. The lowest BCUT2D eigenvalue weighted by atomic mass is 10.1. The number of hydrogen-bond donors (Lipinski definition) is 2. The summed E-state index contributed by atoms with van der Waals surface area (Å²) in [5, 5.41) is 6.84. The van der Waals surface area contributed by atoms with Crippen LogP contribution in [0.2, 0.25) is 0 Å². The summed E-state index contributed by atoms with van der Waals surface area (Å²) in [6, 6.07) is -0.622. The molecule has 1 unspecified atom stereocenters. The zero-order valence-corrected chi connectivity index (χ0v) is 10.8. The SMILES string of the molecule is CC(C)CCCNC(=O)C(N)c1cnn(C)c1. The first-order valence-corrected chi connectivity index (χ1v) is 6.02. The predicted octanol–water partition coefficient (Wildman–Crippen LogP) is 0.972. The first kappa shape index (κ1) is 13.7. The van der Waals surface area contributed by atoms with Crippen molar-refractivity contribution in [3.05, 3.63) is 18.0 Å². The molecule has 1 aromatic heterocycles. The number of nitrogens with two attached hydrogens (primary N) is 1. The van der Waals surface area contributed by atoms with Gasteiger partial charge in [0, 0.05) is 25.4 Å². The van der Waals surface area contributed by atoms with Gasteiger partial charge in [0.05, 0.1) is 6.20 Å². The van der Waals surface area contributed by atoms with Crippen LogP contribution < -0.4 is 11.1 Å². The van der Waals surface area contributed by atoms with Crippen LogP contribution in [0.5, 0.6) is 0 Å². The molecule has 5 heteroatoms. The van der Waals surface area contributed by atoms with E-state index in [1.54, 1.807) is 24.1 Å². The number of aryl methyl sites for hydroxylation is 1. The Bertz CT molecular complexity index is 359. The van der Waals surface area contributed by atoms with Gasteiger partial charge in [-0.15, -0.1) is 0 Å². The van der Waals surface area contributed by atoms with E-state index in [2.05, 4.69) is 24.3 Å². The molecule has 5 nitrogen and oxygen atoms in total. The number of aromatic nitrogens is 2. The second kappa shape index (κ2) is 6.39. The van der Waals surface area contributed by atoms with Gasteiger partial charge >= 0.3 is 0 Å². The van der Waals surface area contributed by atoms with Crippen molar-refractivity contribution >= 4 is 5.91 Å². The van der Waals surface area contributed by atoms with Gasteiger partial charge in [0.15, 0.2) is 0 Å². The van der Waals surface area contributed by atoms with Crippen LogP contribution in [0.3, 0.4) is 0 Å². The fraction of sp³-hybridized carbons (Fsp3) is 0.667. The van der Waals surface area contributed by atoms with Gasteiger partial charge < -0.3 is 11.1 Å². The fourth-order valence-corrected chi connectivity index (χ4v) is 1.58. The topological polar surface area (TPSA) is 72.9 Å². The lowest BCUT2D eigenvalue weighted by Gasteiger charge is -2.11. The Morgan fingerprint density at radius 3 is 2.82 bits per heavy atom. The van der Waals surface area contributed by atoms with Crippen molar-refractivity contribution < 1.29 is 4.79 Å². The lowest BCUT2D eigenvalue weighted by molar-refractivity contribution is -0.122. The highest BCUT2D eigenvalue weighted by atomic mass is 16.2. The molecule has 0 aromatic carbocycles. The molecule has 0 aliphatic rings. The Hall–Kier alpha value is -1.36. The van der Waals surface area contributed by atoms with Crippen molar-refractivity contribution in [3.8, 4) is 0 Å². The van der Waals surface area contributed by atoms with E-state index >= 15 is 0 Å². The molecule has 1 rings (SSSR count). The van der Waals surface area contributed by atoms with E-state index in [0.29, 0.717) is 12.5 Å². The monoisotopic (exact) mass is 238 g/mol. The minimum absolute atomic E-state index is 0.137. The molecule has 0 spiro atoms. The number of nitrogens with zero attached hydrogens (tertiary/aromatic N) is 2. The normalized spacial score (nSPS) is 12.8. The summed E-state index contributed by atoms with van der Waals surface area (Å²) >= 11 is 0. The molecule has 1 aromatic rings. The lowest BCUT2D eigenvalue weighted by Crippen LogP contribution is -2.34. The number of nitrogens with one attached hydrogen (secondary N) is 1. The standard InChI is InChI=1S/C12H22N4O/c1-9(2)5-4-6-14-12(17)11(13)10-7-15-16(3)8-10/h7-9,11H,4-6,13H2,1-3H3,(H,14,17). The van der Waals surface area contributed by atoms with Gasteiger partial charge in [0.2, 0.25) is 5.91 Å². The summed E-state index contributed by atoms with van der Waals surface area (Å²) in [4.78, 5) is 11.7. The van der Waals surface area contributed by atoms with Crippen LogP contribution in [0.4, 0.5) is 0 Å². The Morgan fingerprint density at radius 1 is 1.59 bits per heavy atom. The van der Waals surface area contributed by atoms with Crippen molar-refractivity contribution in [3.63, 3.8) is 0 Å². The van der Waals surface area contributed by atoms with Crippen LogP contribution >= 0.6 is 0 Å². The molecular formula is C12H22N4O. The Kier molecular flexibility index (Phi) is 5.15. The third kappa shape index (κ3) is 4.56. The summed E-state index contributed by atoms with van der Waals surface area (Å²) in [5.74, 6) is 0.528. The fourth-order valence-electron chi connectivity index (χ4n) is 1.58. The minimum atomic E-state index is -0.622. The number of hydrogen-bond acceptors (Lipinski definition) is 3. The van der Waals surface area contributed by atoms with Crippen LogP contribution in [0.15, 0.2) is 12.4 Å². The van der Waals surface area contributed by atoms with Gasteiger partial charge in [-0.1, -0.05) is 13.8 Å². The van der Waals surface area contributed by atoms with Crippen LogP contribution in [0.1, 0.15) is 38.3 Å². The van der Waals surface area contributed by atoms with Crippen molar-refractivity contribution in [1.29, 1.82) is 0 Å². The van der Waals surface area contributed by atoms with Crippen LogP contribution in [0, 0.1) is 5.92 Å². The molecule has 96 valence electrons. The molecule has 0 radical (unpaired) electrons. The average molecular weight is 238 g/mol.